The Morgan fingerprint density at radius 2 is 2.07 bits per heavy atom. The molecule has 0 atom stereocenters. The standard InChI is InChI=1S/C12H21NOS/c1-4-12(5-2,9-14)13-8-11-10(3)6-7-15-11/h6-7,13-14H,4-5,8-9H2,1-3H3. The van der Waals surface area contributed by atoms with Crippen molar-refractivity contribution < 1.29 is 5.11 Å². The molecule has 1 heterocycles. The van der Waals surface area contributed by atoms with Gasteiger partial charge < -0.3 is 10.4 Å². The quantitative estimate of drug-likeness (QED) is 0.783. The van der Waals surface area contributed by atoms with Gasteiger partial charge in [-0.25, -0.2) is 0 Å². The van der Waals surface area contributed by atoms with Gasteiger partial charge in [0.05, 0.1) is 6.61 Å². The number of thiophene rings is 1. The van der Waals surface area contributed by atoms with Gasteiger partial charge in [0.2, 0.25) is 0 Å². The lowest BCUT2D eigenvalue weighted by Gasteiger charge is -2.30. The first-order chi connectivity index (χ1) is 7.17. The Bertz CT molecular complexity index is 283. The molecule has 15 heavy (non-hydrogen) atoms. The van der Waals surface area contributed by atoms with Crippen molar-refractivity contribution in [3.05, 3.63) is 21.9 Å². The lowest BCUT2D eigenvalue weighted by Crippen LogP contribution is -2.46. The number of hydrogen-bond donors (Lipinski definition) is 2. The Labute approximate surface area is 96.3 Å². The fourth-order valence-electron chi connectivity index (χ4n) is 1.63. The molecule has 2 N–H and O–H groups in total. The average molecular weight is 227 g/mol. The van der Waals surface area contributed by atoms with Crippen LogP contribution in [0.5, 0.6) is 0 Å². The largest absolute Gasteiger partial charge is 0.394 e. The lowest BCUT2D eigenvalue weighted by atomic mass is 9.94. The highest BCUT2D eigenvalue weighted by atomic mass is 32.1. The van der Waals surface area contributed by atoms with Gasteiger partial charge in [-0.3, -0.25) is 0 Å². The van der Waals surface area contributed by atoms with Crippen LogP contribution in [0.25, 0.3) is 0 Å². The summed E-state index contributed by atoms with van der Waals surface area (Å²) in [6.45, 7) is 7.45. The number of hydrogen-bond acceptors (Lipinski definition) is 3. The van der Waals surface area contributed by atoms with Gasteiger partial charge in [0.15, 0.2) is 0 Å². The van der Waals surface area contributed by atoms with Crippen LogP contribution in [-0.2, 0) is 6.54 Å². The smallest absolute Gasteiger partial charge is 0.0613 e. The first kappa shape index (κ1) is 12.7. The highest BCUT2D eigenvalue weighted by Crippen LogP contribution is 2.19. The second kappa shape index (κ2) is 5.64. The van der Waals surface area contributed by atoms with E-state index in [4.69, 9.17) is 0 Å². The van der Waals surface area contributed by atoms with Gasteiger partial charge >= 0.3 is 0 Å². The molecule has 3 heteroatoms. The Morgan fingerprint density at radius 1 is 1.40 bits per heavy atom. The number of aliphatic hydroxyl groups excluding tert-OH is 1. The van der Waals surface area contributed by atoms with Gasteiger partial charge in [0.1, 0.15) is 0 Å². The van der Waals surface area contributed by atoms with E-state index in [9.17, 15) is 5.11 Å². The fourth-order valence-corrected chi connectivity index (χ4v) is 2.48. The van der Waals surface area contributed by atoms with Gasteiger partial charge in [-0.05, 0) is 36.8 Å². The zero-order valence-corrected chi connectivity index (χ0v) is 10.7. The molecule has 0 aliphatic heterocycles. The second-order valence-corrected chi connectivity index (χ2v) is 5.03. The molecule has 2 nitrogen and oxygen atoms in total. The van der Waals surface area contributed by atoms with Crippen molar-refractivity contribution in [2.75, 3.05) is 6.61 Å². The molecule has 0 unspecified atom stereocenters. The first-order valence-corrected chi connectivity index (χ1v) is 6.44. The van der Waals surface area contributed by atoms with Crippen LogP contribution in [0.15, 0.2) is 11.4 Å². The van der Waals surface area contributed by atoms with Gasteiger partial charge in [-0.15, -0.1) is 11.3 Å². The molecule has 0 aliphatic carbocycles. The molecular formula is C12H21NOS. The van der Waals surface area contributed by atoms with E-state index in [-0.39, 0.29) is 12.1 Å². The van der Waals surface area contributed by atoms with Gasteiger partial charge in [0.25, 0.3) is 0 Å². The average Bonchev–Trinajstić information content (AvgIpc) is 2.67. The molecule has 0 aliphatic rings. The molecule has 0 aromatic carbocycles. The summed E-state index contributed by atoms with van der Waals surface area (Å²) in [4.78, 5) is 1.37. The van der Waals surface area contributed by atoms with E-state index in [0.717, 1.165) is 19.4 Å². The lowest BCUT2D eigenvalue weighted by molar-refractivity contribution is 0.150. The van der Waals surface area contributed by atoms with Crippen molar-refractivity contribution >= 4 is 11.3 Å². The number of aryl methyl sites for hydroxylation is 1. The molecule has 0 saturated heterocycles. The van der Waals surface area contributed by atoms with E-state index < -0.39 is 0 Å². The van der Waals surface area contributed by atoms with Crippen LogP contribution in [0, 0.1) is 6.92 Å². The SMILES string of the molecule is CCC(CC)(CO)NCc1sccc1C. The van der Waals surface area contributed by atoms with Gasteiger partial charge in [-0.2, -0.15) is 0 Å². The number of aliphatic hydroxyl groups is 1. The normalized spacial score (nSPS) is 12.0. The van der Waals surface area contributed by atoms with Crippen LogP contribution in [0.3, 0.4) is 0 Å². The highest BCUT2D eigenvalue weighted by Gasteiger charge is 2.24. The maximum Gasteiger partial charge on any atom is 0.0613 e. The molecular weight excluding hydrogens is 206 g/mol. The van der Waals surface area contributed by atoms with Gasteiger partial charge in [-0.1, -0.05) is 13.8 Å². The third kappa shape index (κ3) is 3.03. The van der Waals surface area contributed by atoms with Crippen molar-refractivity contribution in [3.63, 3.8) is 0 Å². The highest BCUT2D eigenvalue weighted by molar-refractivity contribution is 7.10. The van der Waals surface area contributed by atoms with Crippen LogP contribution < -0.4 is 5.32 Å². The monoisotopic (exact) mass is 227 g/mol. The van der Waals surface area contributed by atoms with Crippen molar-refractivity contribution in [1.29, 1.82) is 0 Å². The van der Waals surface area contributed by atoms with E-state index in [1.54, 1.807) is 11.3 Å². The summed E-state index contributed by atoms with van der Waals surface area (Å²) in [5, 5.41) is 15.0. The minimum absolute atomic E-state index is 0.101. The summed E-state index contributed by atoms with van der Waals surface area (Å²) in [5.74, 6) is 0. The Hall–Kier alpha value is -0.380. The van der Waals surface area contributed by atoms with Crippen LogP contribution in [0.1, 0.15) is 37.1 Å². The molecule has 0 radical (unpaired) electrons. The van der Waals surface area contributed by atoms with Crippen LogP contribution in [-0.4, -0.2) is 17.3 Å². The zero-order valence-electron chi connectivity index (χ0n) is 9.84. The van der Waals surface area contributed by atoms with Crippen LogP contribution in [0.4, 0.5) is 0 Å². The van der Waals surface area contributed by atoms with Crippen LogP contribution >= 0.6 is 11.3 Å². The van der Waals surface area contributed by atoms with E-state index in [0.29, 0.717) is 0 Å². The van der Waals surface area contributed by atoms with E-state index in [1.807, 2.05) is 0 Å². The Balaban J connectivity index is 2.58. The third-order valence-electron chi connectivity index (χ3n) is 3.25. The van der Waals surface area contributed by atoms with Crippen molar-refractivity contribution in [2.24, 2.45) is 0 Å². The molecule has 0 fully saturated rings. The second-order valence-electron chi connectivity index (χ2n) is 4.03. The molecule has 0 saturated carbocycles. The fraction of sp³-hybridized carbons (Fsp3) is 0.667. The van der Waals surface area contributed by atoms with Crippen molar-refractivity contribution in [1.82, 2.24) is 5.32 Å². The Morgan fingerprint density at radius 3 is 2.47 bits per heavy atom. The Kier molecular flexibility index (Phi) is 4.77. The summed E-state index contributed by atoms with van der Waals surface area (Å²) in [6.07, 6.45) is 1.93. The molecule has 0 bridgehead atoms. The van der Waals surface area contributed by atoms with Gasteiger partial charge in [0, 0.05) is 17.0 Å². The number of nitrogens with one attached hydrogen (secondary N) is 1. The summed E-state index contributed by atoms with van der Waals surface area (Å²) < 4.78 is 0. The first-order valence-electron chi connectivity index (χ1n) is 5.56. The maximum atomic E-state index is 9.42. The molecule has 1 aromatic heterocycles. The van der Waals surface area contributed by atoms with Crippen LogP contribution in [0.2, 0.25) is 0 Å². The van der Waals surface area contributed by atoms with Crippen molar-refractivity contribution in [3.8, 4) is 0 Å². The minimum atomic E-state index is -0.101. The third-order valence-corrected chi connectivity index (χ3v) is 4.27. The minimum Gasteiger partial charge on any atom is -0.394 e. The van der Waals surface area contributed by atoms with E-state index in [1.165, 1.54) is 10.4 Å². The molecule has 0 amide bonds. The van der Waals surface area contributed by atoms with Crippen molar-refractivity contribution in [2.45, 2.75) is 45.7 Å². The topological polar surface area (TPSA) is 32.3 Å². The summed E-state index contributed by atoms with van der Waals surface area (Å²) in [5.41, 5.74) is 1.24. The summed E-state index contributed by atoms with van der Waals surface area (Å²) >= 11 is 1.78. The number of rotatable bonds is 6. The predicted octanol–water partition coefficient (Wildman–Crippen LogP) is 2.70. The molecule has 86 valence electrons. The summed E-state index contributed by atoms with van der Waals surface area (Å²) in [6, 6.07) is 2.14. The zero-order chi connectivity index (χ0) is 11.3. The summed E-state index contributed by atoms with van der Waals surface area (Å²) in [7, 11) is 0. The van der Waals surface area contributed by atoms with E-state index in [2.05, 4.69) is 37.5 Å². The molecule has 1 rings (SSSR count). The molecule has 0 spiro atoms. The maximum absolute atomic E-state index is 9.42. The predicted molar refractivity (Wildman–Crippen MR) is 66.3 cm³/mol. The molecule has 1 aromatic rings. The van der Waals surface area contributed by atoms with E-state index >= 15 is 0 Å².